The number of amides is 1. The molecule has 0 spiro atoms. The molecule has 0 saturated carbocycles. The third kappa shape index (κ3) is 2.63. The Morgan fingerprint density at radius 2 is 2.26 bits per heavy atom. The molecule has 1 aliphatic carbocycles. The van der Waals surface area contributed by atoms with Crippen molar-refractivity contribution in [1.29, 1.82) is 0 Å². The van der Waals surface area contributed by atoms with Crippen molar-refractivity contribution in [3.8, 4) is 0 Å². The first-order valence-electron chi connectivity index (χ1n) is 7.17. The van der Waals surface area contributed by atoms with E-state index in [0.29, 0.717) is 12.0 Å². The number of carbonyl (C=O) groups is 1. The number of carbonyl (C=O) groups excluding carboxylic acids is 1. The second-order valence-corrected chi connectivity index (χ2v) is 5.50. The molecule has 3 rings (SSSR count). The van der Waals surface area contributed by atoms with Crippen molar-refractivity contribution in [2.75, 3.05) is 6.61 Å². The summed E-state index contributed by atoms with van der Waals surface area (Å²) in [6.45, 7) is 0.821. The molecule has 2 N–H and O–H groups in total. The zero-order valence-electron chi connectivity index (χ0n) is 11.2. The van der Waals surface area contributed by atoms with E-state index in [0.717, 1.165) is 50.1 Å². The van der Waals surface area contributed by atoms with Crippen LogP contribution in [0.2, 0.25) is 0 Å². The molecule has 0 unspecified atom stereocenters. The summed E-state index contributed by atoms with van der Waals surface area (Å²) in [6.07, 6.45) is 7.46. The second kappa shape index (κ2) is 5.29. The van der Waals surface area contributed by atoms with Gasteiger partial charge in [-0.1, -0.05) is 0 Å². The molecular weight excluding hydrogens is 240 g/mol. The van der Waals surface area contributed by atoms with Gasteiger partial charge in [0.15, 0.2) is 0 Å². The summed E-state index contributed by atoms with van der Waals surface area (Å²) in [5.74, 6) is -0.368. The zero-order valence-corrected chi connectivity index (χ0v) is 11.2. The molecule has 0 aromatic carbocycles. The highest BCUT2D eigenvalue weighted by molar-refractivity contribution is 5.94. The fraction of sp³-hybridized carbons (Fsp3) is 0.600. The van der Waals surface area contributed by atoms with Crippen LogP contribution in [-0.4, -0.2) is 23.6 Å². The first-order chi connectivity index (χ1) is 9.24. The van der Waals surface area contributed by atoms with Gasteiger partial charge in [-0.2, -0.15) is 0 Å². The van der Waals surface area contributed by atoms with Gasteiger partial charge in [0.1, 0.15) is 0 Å². The SMILES string of the molecule is NC(=O)c1cc2c(nc1C[C@H]1CCCCO1)CCC2. The van der Waals surface area contributed by atoms with E-state index < -0.39 is 0 Å². The van der Waals surface area contributed by atoms with Crippen LogP contribution in [0.1, 0.15) is 53.0 Å². The second-order valence-electron chi connectivity index (χ2n) is 5.50. The Balaban J connectivity index is 1.87. The molecule has 1 amide bonds. The maximum Gasteiger partial charge on any atom is 0.250 e. The average Bonchev–Trinajstić information content (AvgIpc) is 2.86. The van der Waals surface area contributed by atoms with E-state index in [1.807, 2.05) is 6.07 Å². The minimum atomic E-state index is -0.368. The minimum Gasteiger partial charge on any atom is -0.378 e. The average molecular weight is 260 g/mol. The molecule has 19 heavy (non-hydrogen) atoms. The largest absolute Gasteiger partial charge is 0.378 e. The lowest BCUT2D eigenvalue weighted by Crippen LogP contribution is -2.25. The molecule has 2 heterocycles. The van der Waals surface area contributed by atoms with Crippen molar-refractivity contribution in [3.05, 3.63) is 28.6 Å². The highest BCUT2D eigenvalue weighted by Gasteiger charge is 2.22. The summed E-state index contributed by atoms with van der Waals surface area (Å²) in [5, 5.41) is 0. The van der Waals surface area contributed by atoms with Crippen LogP contribution < -0.4 is 5.73 Å². The number of pyridine rings is 1. The van der Waals surface area contributed by atoms with Crippen molar-refractivity contribution in [2.24, 2.45) is 5.73 Å². The van der Waals surface area contributed by atoms with Crippen molar-refractivity contribution >= 4 is 5.91 Å². The normalized spacial score (nSPS) is 22.2. The molecular formula is C15H20N2O2. The third-order valence-corrected chi connectivity index (χ3v) is 4.09. The summed E-state index contributed by atoms with van der Waals surface area (Å²) in [5.41, 5.74) is 9.27. The Kier molecular flexibility index (Phi) is 3.51. The smallest absolute Gasteiger partial charge is 0.250 e. The summed E-state index contributed by atoms with van der Waals surface area (Å²) >= 11 is 0. The maximum atomic E-state index is 11.6. The number of rotatable bonds is 3. The topological polar surface area (TPSA) is 65.2 Å². The van der Waals surface area contributed by atoms with Crippen LogP contribution in [0.15, 0.2) is 6.07 Å². The van der Waals surface area contributed by atoms with Gasteiger partial charge in [0, 0.05) is 18.7 Å². The van der Waals surface area contributed by atoms with E-state index in [-0.39, 0.29) is 12.0 Å². The standard InChI is InChI=1S/C15H20N2O2/c16-15(18)12-8-10-4-3-6-13(10)17-14(12)9-11-5-1-2-7-19-11/h8,11H,1-7,9H2,(H2,16,18)/t11-/m1/s1. The van der Waals surface area contributed by atoms with E-state index >= 15 is 0 Å². The van der Waals surface area contributed by atoms with Gasteiger partial charge in [-0.3, -0.25) is 9.78 Å². The molecule has 1 aromatic rings. The van der Waals surface area contributed by atoms with Gasteiger partial charge in [0.25, 0.3) is 5.91 Å². The van der Waals surface area contributed by atoms with Crippen molar-refractivity contribution < 1.29 is 9.53 Å². The molecule has 1 aromatic heterocycles. The Hall–Kier alpha value is -1.42. The number of primary amides is 1. The predicted molar refractivity (Wildman–Crippen MR) is 72.1 cm³/mol. The van der Waals surface area contributed by atoms with E-state index in [1.165, 1.54) is 12.0 Å². The summed E-state index contributed by atoms with van der Waals surface area (Å²) < 4.78 is 5.74. The number of aryl methyl sites for hydroxylation is 2. The van der Waals surface area contributed by atoms with E-state index in [2.05, 4.69) is 4.98 Å². The highest BCUT2D eigenvalue weighted by Crippen LogP contribution is 2.25. The van der Waals surface area contributed by atoms with Crippen LogP contribution >= 0.6 is 0 Å². The summed E-state index contributed by atoms with van der Waals surface area (Å²) in [6, 6.07) is 1.95. The monoisotopic (exact) mass is 260 g/mol. The molecule has 4 heteroatoms. The Bertz CT molecular complexity index is 493. The Morgan fingerprint density at radius 1 is 1.37 bits per heavy atom. The van der Waals surface area contributed by atoms with Crippen molar-refractivity contribution in [2.45, 2.75) is 51.0 Å². The molecule has 4 nitrogen and oxygen atoms in total. The number of nitrogens with zero attached hydrogens (tertiary/aromatic N) is 1. The van der Waals surface area contributed by atoms with Gasteiger partial charge in [0.2, 0.25) is 0 Å². The van der Waals surface area contributed by atoms with Crippen LogP contribution in [0.5, 0.6) is 0 Å². The van der Waals surface area contributed by atoms with Crippen molar-refractivity contribution in [1.82, 2.24) is 4.98 Å². The van der Waals surface area contributed by atoms with Crippen LogP contribution in [0.3, 0.4) is 0 Å². The minimum absolute atomic E-state index is 0.193. The van der Waals surface area contributed by atoms with Crippen LogP contribution in [-0.2, 0) is 24.0 Å². The number of aromatic nitrogens is 1. The van der Waals surface area contributed by atoms with E-state index in [4.69, 9.17) is 10.5 Å². The Morgan fingerprint density at radius 3 is 3.00 bits per heavy atom. The molecule has 1 atom stereocenters. The van der Waals surface area contributed by atoms with Gasteiger partial charge < -0.3 is 10.5 Å². The molecule has 0 radical (unpaired) electrons. The fourth-order valence-corrected chi connectivity index (χ4v) is 3.07. The number of ether oxygens (including phenoxy) is 1. The number of hydrogen-bond acceptors (Lipinski definition) is 3. The van der Waals surface area contributed by atoms with Gasteiger partial charge in [-0.25, -0.2) is 0 Å². The van der Waals surface area contributed by atoms with Gasteiger partial charge in [-0.05, 0) is 50.2 Å². The molecule has 102 valence electrons. The molecule has 1 fully saturated rings. The van der Waals surface area contributed by atoms with Gasteiger partial charge in [0.05, 0.1) is 17.4 Å². The van der Waals surface area contributed by atoms with Crippen LogP contribution in [0, 0.1) is 0 Å². The Labute approximate surface area is 113 Å². The number of hydrogen-bond donors (Lipinski definition) is 1. The van der Waals surface area contributed by atoms with Crippen LogP contribution in [0.25, 0.3) is 0 Å². The fourth-order valence-electron chi connectivity index (χ4n) is 3.07. The van der Waals surface area contributed by atoms with E-state index in [1.54, 1.807) is 0 Å². The maximum absolute atomic E-state index is 11.6. The van der Waals surface area contributed by atoms with Crippen molar-refractivity contribution in [3.63, 3.8) is 0 Å². The number of fused-ring (bicyclic) bond motifs is 1. The molecule has 2 aliphatic rings. The molecule has 1 saturated heterocycles. The van der Waals surface area contributed by atoms with Gasteiger partial charge in [-0.15, -0.1) is 0 Å². The van der Waals surface area contributed by atoms with Crippen LogP contribution in [0.4, 0.5) is 0 Å². The summed E-state index contributed by atoms with van der Waals surface area (Å²) in [4.78, 5) is 16.3. The number of nitrogens with two attached hydrogens (primary N) is 1. The lowest BCUT2D eigenvalue weighted by Gasteiger charge is -2.23. The molecule has 1 aliphatic heterocycles. The lowest BCUT2D eigenvalue weighted by molar-refractivity contribution is 0.0161. The third-order valence-electron chi connectivity index (χ3n) is 4.09. The zero-order chi connectivity index (χ0) is 13.2. The first-order valence-corrected chi connectivity index (χ1v) is 7.17. The predicted octanol–water partition coefficient (Wildman–Crippen LogP) is 1.78. The quantitative estimate of drug-likeness (QED) is 0.901. The summed E-state index contributed by atoms with van der Waals surface area (Å²) in [7, 11) is 0. The van der Waals surface area contributed by atoms with E-state index in [9.17, 15) is 4.79 Å². The van der Waals surface area contributed by atoms with Gasteiger partial charge >= 0.3 is 0 Å². The molecule has 0 bridgehead atoms. The lowest BCUT2D eigenvalue weighted by atomic mass is 9.99. The first kappa shape index (κ1) is 12.6. The highest BCUT2D eigenvalue weighted by atomic mass is 16.5.